The summed E-state index contributed by atoms with van der Waals surface area (Å²) in [5.41, 5.74) is -0.773. The highest BCUT2D eigenvalue weighted by molar-refractivity contribution is 5.95. The lowest BCUT2D eigenvalue weighted by molar-refractivity contribution is -0.137. The van der Waals surface area contributed by atoms with Gasteiger partial charge in [-0.05, 0) is 37.5 Å². The van der Waals surface area contributed by atoms with E-state index in [-0.39, 0.29) is 17.3 Å². The molecule has 1 aliphatic rings. The van der Waals surface area contributed by atoms with Crippen LogP contribution in [-0.4, -0.2) is 18.5 Å². The van der Waals surface area contributed by atoms with Crippen LogP contribution < -0.4 is 10.6 Å². The van der Waals surface area contributed by atoms with E-state index in [1.165, 1.54) is 12.1 Å². The summed E-state index contributed by atoms with van der Waals surface area (Å²) in [5, 5.41) is 5.38. The van der Waals surface area contributed by atoms with E-state index in [0.29, 0.717) is 12.5 Å². The predicted octanol–water partition coefficient (Wildman–Crippen LogP) is 3.28. The van der Waals surface area contributed by atoms with E-state index in [2.05, 4.69) is 10.6 Å². The van der Waals surface area contributed by atoms with Gasteiger partial charge in [-0.2, -0.15) is 13.2 Å². The summed E-state index contributed by atoms with van der Waals surface area (Å²) in [4.78, 5) is 11.9. The fraction of sp³-hybridized carbons (Fsp3) is 0.500. The van der Waals surface area contributed by atoms with Crippen molar-refractivity contribution in [1.82, 2.24) is 5.32 Å². The van der Waals surface area contributed by atoms with E-state index in [1.54, 1.807) is 6.92 Å². The minimum Gasteiger partial charge on any atom is -0.385 e. The number of benzene rings is 1. The highest BCUT2D eigenvalue weighted by Gasteiger charge is 2.36. The third kappa shape index (κ3) is 3.23. The molecule has 0 aliphatic heterocycles. The van der Waals surface area contributed by atoms with Gasteiger partial charge in [0.15, 0.2) is 0 Å². The molecule has 20 heavy (non-hydrogen) atoms. The Morgan fingerprint density at radius 3 is 2.55 bits per heavy atom. The minimum atomic E-state index is -4.49. The van der Waals surface area contributed by atoms with Crippen LogP contribution in [0.1, 0.15) is 36.2 Å². The van der Waals surface area contributed by atoms with E-state index < -0.39 is 17.6 Å². The molecule has 3 nitrogen and oxygen atoms in total. The van der Waals surface area contributed by atoms with Gasteiger partial charge in [0.1, 0.15) is 0 Å². The van der Waals surface area contributed by atoms with Crippen molar-refractivity contribution in [1.29, 1.82) is 0 Å². The van der Waals surface area contributed by atoms with Gasteiger partial charge in [0.2, 0.25) is 0 Å². The molecule has 110 valence electrons. The lowest BCUT2D eigenvalue weighted by Crippen LogP contribution is -2.27. The van der Waals surface area contributed by atoms with E-state index in [1.807, 2.05) is 6.92 Å². The molecular weight excluding hydrogens is 269 g/mol. The number of halogens is 3. The molecule has 1 saturated carbocycles. The van der Waals surface area contributed by atoms with E-state index in [4.69, 9.17) is 0 Å². The van der Waals surface area contributed by atoms with Crippen molar-refractivity contribution in [2.24, 2.45) is 5.92 Å². The topological polar surface area (TPSA) is 41.1 Å². The fourth-order valence-electron chi connectivity index (χ4n) is 2.04. The van der Waals surface area contributed by atoms with Gasteiger partial charge < -0.3 is 10.6 Å². The van der Waals surface area contributed by atoms with Gasteiger partial charge >= 0.3 is 6.18 Å². The second kappa shape index (κ2) is 5.34. The standard InChI is InChI=1S/C14H17F3N2O/c1-3-18-11-5-4-9(7-10(11)14(15,16)17)13(20)19-12-6-8(12)2/h4-5,7-8,12,18H,3,6H2,1-2H3,(H,19,20). The molecule has 0 radical (unpaired) electrons. The van der Waals surface area contributed by atoms with Crippen molar-refractivity contribution in [3.05, 3.63) is 29.3 Å². The van der Waals surface area contributed by atoms with Gasteiger partial charge in [-0.15, -0.1) is 0 Å². The Balaban J connectivity index is 2.24. The monoisotopic (exact) mass is 286 g/mol. The second-order valence-corrected chi connectivity index (χ2v) is 5.08. The van der Waals surface area contributed by atoms with Gasteiger partial charge in [-0.3, -0.25) is 4.79 Å². The van der Waals surface area contributed by atoms with Gasteiger partial charge in [0.25, 0.3) is 5.91 Å². The SMILES string of the molecule is CCNc1ccc(C(=O)NC2CC2C)cc1C(F)(F)F. The number of carbonyl (C=O) groups is 1. The number of rotatable bonds is 4. The number of hydrogen-bond donors (Lipinski definition) is 2. The van der Waals surface area contributed by atoms with Crippen LogP contribution in [0, 0.1) is 5.92 Å². The lowest BCUT2D eigenvalue weighted by atomic mass is 10.1. The van der Waals surface area contributed by atoms with Crippen molar-refractivity contribution in [2.45, 2.75) is 32.5 Å². The first-order valence-electron chi connectivity index (χ1n) is 6.59. The number of anilines is 1. The van der Waals surface area contributed by atoms with Gasteiger partial charge in [0.05, 0.1) is 5.56 Å². The van der Waals surface area contributed by atoms with Crippen molar-refractivity contribution in [3.63, 3.8) is 0 Å². The molecule has 2 N–H and O–H groups in total. The summed E-state index contributed by atoms with van der Waals surface area (Å²) < 4.78 is 38.9. The van der Waals surface area contributed by atoms with Crippen LogP contribution in [0.15, 0.2) is 18.2 Å². The Hall–Kier alpha value is -1.72. The third-order valence-corrected chi connectivity index (χ3v) is 3.38. The molecule has 0 spiro atoms. The van der Waals surface area contributed by atoms with Crippen LogP contribution in [0.25, 0.3) is 0 Å². The summed E-state index contributed by atoms with van der Waals surface area (Å²) in [6, 6.07) is 3.71. The van der Waals surface area contributed by atoms with Crippen LogP contribution in [0.4, 0.5) is 18.9 Å². The molecule has 1 aromatic carbocycles. The second-order valence-electron chi connectivity index (χ2n) is 5.08. The molecule has 0 saturated heterocycles. The normalized spacial score (nSPS) is 21.4. The first-order valence-corrected chi connectivity index (χ1v) is 6.59. The van der Waals surface area contributed by atoms with Crippen molar-refractivity contribution < 1.29 is 18.0 Å². The van der Waals surface area contributed by atoms with Crippen molar-refractivity contribution >= 4 is 11.6 Å². The third-order valence-electron chi connectivity index (χ3n) is 3.38. The Labute approximate surface area is 115 Å². The van der Waals surface area contributed by atoms with Gasteiger partial charge in [0, 0.05) is 23.8 Å². The van der Waals surface area contributed by atoms with E-state index in [9.17, 15) is 18.0 Å². The number of amides is 1. The largest absolute Gasteiger partial charge is 0.418 e. The molecule has 1 aromatic rings. The molecule has 0 bridgehead atoms. The molecule has 2 atom stereocenters. The molecule has 2 rings (SSSR count). The summed E-state index contributed by atoms with van der Waals surface area (Å²) in [5.74, 6) is -0.0463. The maximum absolute atomic E-state index is 13.0. The summed E-state index contributed by atoms with van der Waals surface area (Å²) >= 11 is 0. The summed E-state index contributed by atoms with van der Waals surface area (Å²) in [7, 11) is 0. The smallest absolute Gasteiger partial charge is 0.385 e. The predicted molar refractivity (Wildman–Crippen MR) is 70.6 cm³/mol. The average molecular weight is 286 g/mol. The van der Waals surface area contributed by atoms with Crippen LogP contribution in [-0.2, 0) is 6.18 Å². The number of nitrogens with one attached hydrogen (secondary N) is 2. The Bertz CT molecular complexity index is 514. The number of alkyl halides is 3. The molecule has 1 fully saturated rings. The molecule has 1 aliphatic carbocycles. The highest BCUT2D eigenvalue weighted by atomic mass is 19.4. The van der Waals surface area contributed by atoms with Crippen LogP contribution in [0.2, 0.25) is 0 Å². The first-order chi connectivity index (χ1) is 9.32. The highest BCUT2D eigenvalue weighted by Crippen LogP contribution is 2.36. The zero-order valence-electron chi connectivity index (χ0n) is 11.3. The van der Waals surface area contributed by atoms with Crippen LogP contribution in [0.3, 0.4) is 0 Å². The molecule has 1 amide bonds. The fourth-order valence-corrected chi connectivity index (χ4v) is 2.04. The van der Waals surface area contributed by atoms with E-state index in [0.717, 1.165) is 12.5 Å². The summed E-state index contributed by atoms with van der Waals surface area (Å²) in [6.07, 6.45) is -3.60. The molecule has 0 aromatic heterocycles. The summed E-state index contributed by atoms with van der Waals surface area (Å²) in [6.45, 7) is 4.09. The number of carbonyl (C=O) groups excluding carboxylic acids is 1. The number of hydrogen-bond acceptors (Lipinski definition) is 2. The molecular formula is C14H17F3N2O. The van der Waals surface area contributed by atoms with Crippen molar-refractivity contribution in [3.8, 4) is 0 Å². The Morgan fingerprint density at radius 1 is 1.40 bits per heavy atom. The zero-order valence-corrected chi connectivity index (χ0v) is 11.3. The molecule has 6 heteroatoms. The van der Waals surface area contributed by atoms with Crippen LogP contribution in [0.5, 0.6) is 0 Å². The van der Waals surface area contributed by atoms with Crippen molar-refractivity contribution in [2.75, 3.05) is 11.9 Å². The van der Waals surface area contributed by atoms with Gasteiger partial charge in [-0.1, -0.05) is 6.92 Å². The quantitative estimate of drug-likeness (QED) is 0.892. The molecule has 0 heterocycles. The first kappa shape index (κ1) is 14.7. The maximum Gasteiger partial charge on any atom is 0.418 e. The zero-order chi connectivity index (χ0) is 14.9. The average Bonchev–Trinajstić information content (AvgIpc) is 3.04. The Morgan fingerprint density at radius 2 is 2.05 bits per heavy atom. The van der Waals surface area contributed by atoms with E-state index >= 15 is 0 Å². The molecule has 2 unspecified atom stereocenters. The van der Waals surface area contributed by atoms with Crippen LogP contribution >= 0.6 is 0 Å². The minimum absolute atomic E-state index is 0.00339. The maximum atomic E-state index is 13.0. The Kier molecular flexibility index (Phi) is 3.92. The lowest BCUT2D eigenvalue weighted by Gasteiger charge is -2.15. The van der Waals surface area contributed by atoms with Gasteiger partial charge in [-0.25, -0.2) is 0 Å².